The van der Waals surface area contributed by atoms with Gasteiger partial charge in [0, 0.05) is 6.04 Å². The molecule has 29 heavy (non-hydrogen) atoms. The van der Waals surface area contributed by atoms with Gasteiger partial charge in [0.05, 0.1) is 12.1 Å². The van der Waals surface area contributed by atoms with Crippen LogP contribution in [-0.4, -0.2) is 73.7 Å². The van der Waals surface area contributed by atoms with Gasteiger partial charge in [-0.1, -0.05) is 38.2 Å². The summed E-state index contributed by atoms with van der Waals surface area (Å²) in [6, 6.07) is -0.623. The van der Waals surface area contributed by atoms with Gasteiger partial charge in [-0.15, -0.1) is 6.58 Å². The van der Waals surface area contributed by atoms with E-state index in [4.69, 9.17) is 14.5 Å². The van der Waals surface area contributed by atoms with Crippen LogP contribution in [0.3, 0.4) is 0 Å². The van der Waals surface area contributed by atoms with E-state index < -0.39 is 50.5 Å². The number of ether oxygens (including phenoxy) is 1. The van der Waals surface area contributed by atoms with Crippen LogP contribution in [0.25, 0.3) is 0 Å². The highest BCUT2D eigenvalue weighted by atomic mass is 31.2. The lowest BCUT2D eigenvalue weighted by Gasteiger charge is -2.48. The number of hydrogen-bond donors (Lipinski definition) is 5. The summed E-state index contributed by atoms with van der Waals surface area (Å²) >= 11 is 0. The molecule has 1 aliphatic carbocycles. The van der Waals surface area contributed by atoms with Gasteiger partial charge in [-0.25, -0.2) is 9.36 Å². The first kappa shape index (κ1) is 22.7. The highest BCUT2D eigenvalue weighted by Gasteiger charge is 2.52. The Balaban J connectivity index is 1.78. The summed E-state index contributed by atoms with van der Waals surface area (Å²) in [5, 5.41) is 23.8. The zero-order valence-corrected chi connectivity index (χ0v) is 17.2. The summed E-state index contributed by atoms with van der Waals surface area (Å²) in [6.45, 7) is 3.32. The number of carbonyl (C=O) groups excluding carboxylic acids is 1. The number of phosphoric ester groups is 1. The molecule has 11 heteroatoms. The third kappa shape index (κ3) is 5.19. The maximum absolute atomic E-state index is 13.0. The number of carbonyl (C=O) groups is 1. The summed E-state index contributed by atoms with van der Waals surface area (Å²) in [4.78, 5) is 32.2. The van der Waals surface area contributed by atoms with Gasteiger partial charge in [0.2, 0.25) is 0 Å². The summed E-state index contributed by atoms with van der Waals surface area (Å²) in [5.74, 6) is 0. The Kier molecular flexibility index (Phi) is 7.05. The highest BCUT2D eigenvalue weighted by Crippen LogP contribution is 2.39. The van der Waals surface area contributed by atoms with Crippen LogP contribution in [0.5, 0.6) is 0 Å². The maximum atomic E-state index is 13.0. The highest BCUT2D eigenvalue weighted by molar-refractivity contribution is 7.46. The van der Waals surface area contributed by atoms with E-state index in [0.717, 1.165) is 44.9 Å². The number of urea groups is 1. The molecule has 2 saturated heterocycles. The average molecular weight is 434 g/mol. The standard InChI is InChI=1S/C18H31N2O8P/c1-2-18-9-7-5-3-4-6-8-12(10-18)20(17(23)19-18)16-15(22)14(21)13(28-16)11-27-29(24,25)26/h2,12-16,21-22H,1,3-11H2,(H,19,23)(H2,24,25,26). The fraction of sp³-hybridized carbons (Fsp3) is 0.833. The molecule has 0 aromatic carbocycles. The molecule has 3 fully saturated rings. The van der Waals surface area contributed by atoms with Crippen LogP contribution in [0.4, 0.5) is 4.79 Å². The molecule has 2 bridgehead atoms. The van der Waals surface area contributed by atoms with Crippen molar-refractivity contribution in [3.8, 4) is 0 Å². The monoisotopic (exact) mass is 434 g/mol. The van der Waals surface area contributed by atoms with Crippen molar-refractivity contribution >= 4 is 13.9 Å². The Morgan fingerprint density at radius 2 is 1.93 bits per heavy atom. The van der Waals surface area contributed by atoms with Crippen molar-refractivity contribution in [1.82, 2.24) is 10.2 Å². The van der Waals surface area contributed by atoms with Gasteiger partial charge in [0.25, 0.3) is 0 Å². The lowest BCUT2D eigenvalue weighted by atomic mass is 9.80. The Hall–Kier alpha value is -1.00. The maximum Gasteiger partial charge on any atom is 0.469 e. The SMILES string of the molecule is C=CC12CCCCCCCC(C1)N(C1OC(COP(=O)(O)O)C(O)C1O)C(=O)N2. The first-order valence-electron chi connectivity index (χ1n) is 10.1. The number of aliphatic hydroxyl groups excluding tert-OH is 2. The summed E-state index contributed by atoms with van der Waals surface area (Å²) in [6.07, 6.45) is 3.98. The number of aliphatic hydroxyl groups is 2. The van der Waals surface area contributed by atoms with E-state index in [1.54, 1.807) is 6.08 Å². The van der Waals surface area contributed by atoms with Crippen molar-refractivity contribution in [1.29, 1.82) is 0 Å². The van der Waals surface area contributed by atoms with Crippen LogP contribution < -0.4 is 5.32 Å². The van der Waals surface area contributed by atoms with E-state index in [1.165, 1.54) is 4.90 Å². The van der Waals surface area contributed by atoms with Crippen molar-refractivity contribution in [2.45, 2.75) is 87.5 Å². The van der Waals surface area contributed by atoms with Gasteiger partial charge in [0.1, 0.15) is 18.3 Å². The fourth-order valence-corrected chi connectivity index (χ4v) is 4.94. The van der Waals surface area contributed by atoms with E-state index in [-0.39, 0.29) is 6.04 Å². The van der Waals surface area contributed by atoms with E-state index >= 15 is 0 Å². The molecule has 166 valence electrons. The number of fused-ring (bicyclic) bond motifs is 2. The number of hydrogen-bond acceptors (Lipinski definition) is 6. The summed E-state index contributed by atoms with van der Waals surface area (Å²) in [5.41, 5.74) is -0.513. The minimum Gasteiger partial charge on any atom is -0.387 e. The van der Waals surface area contributed by atoms with Gasteiger partial charge in [0.15, 0.2) is 6.23 Å². The van der Waals surface area contributed by atoms with E-state index in [0.29, 0.717) is 6.42 Å². The first-order valence-corrected chi connectivity index (χ1v) is 11.6. The van der Waals surface area contributed by atoms with Crippen molar-refractivity contribution in [3.05, 3.63) is 12.7 Å². The Morgan fingerprint density at radius 1 is 1.24 bits per heavy atom. The molecule has 6 atom stereocenters. The summed E-state index contributed by atoms with van der Waals surface area (Å²) in [7, 11) is -4.75. The van der Waals surface area contributed by atoms with E-state index in [9.17, 15) is 19.6 Å². The second-order valence-corrected chi connectivity index (χ2v) is 9.43. The molecule has 5 N–H and O–H groups in total. The topological polar surface area (TPSA) is 149 Å². The third-order valence-electron chi connectivity index (χ3n) is 6.15. The van der Waals surface area contributed by atoms with Gasteiger partial charge in [-0.2, -0.15) is 0 Å². The first-order chi connectivity index (χ1) is 13.7. The third-order valence-corrected chi connectivity index (χ3v) is 6.64. The smallest absolute Gasteiger partial charge is 0.387 e. The average Bonchev–Trinajstić information content (AvgIpc) is 2.93. The molecule has 1 saturated carbocycles. The molecule has 2 aliphatic heterocycles. The van der Waals surface area contributed by atoms with Gasteiger partial charge in [-0.05, 0) is 19.3 Å². The lowest BCUT2D eigenvalue weighted by Crippen LogP contribution is -2.66. The van der Waals surface area contributed by atoms with Gasteiger partial charge >= 0.3 is 13.9 Å². The number of amides is 2. The number of phosphoric acid groups is 1. The second kappa shape index (κ2) is 9.01. The number of nitrogens with zero attached hydrogens (tertiary/aromatic N) is 1. The molecule has 0 spiro atoms. The number of rotatable bonds is 5. The molecule has 6 unspecified atom stereocenters. The molecule has 10 nitrogen and oxygen atoms in total. The van der Waals surface area contributed by atoms with Crippen LogP contribution in [0.1, 0.15) is 51.4 Å². The van der Waals surface area contributed by atoms with Crippen LogP contribution in [-0.2, 0) is 13.8 Å². The van der Waals surface area contributed by atoms with Crippen molar-refractivity contribution < 1.29 is 38.6 Å². The van der Waals surface area contributed by atoms with Crippen molar-refractivity contribution in [2.24, 2.45) is 0 Å². The van der Waals surface area contributed by atoms with Crippen LogP contribution in [0.2, 0.25) is 0 Å². The fourth-order valence-electron chi connectivity index (χ4n) is 4.60. The Bertz CT molecular complexity index is 658. The molecule has 2 heterocycles. The largest absolute Gasteiger partial charge is 0.469 e. The second-order valence-electron chi connectivity index (χ2n) is 8.19. The van der Waals surface area contributed by atoms with Crippen molar-refractivity contribution in [3.63, 3.8) is 0 Å². The molecular weight excluding hydrogens is 403 g/mol. The molecule has 3 rings (SSSR count). The van der Waals surface area contributed by atoms with Gasteiger partial charge in [-0.3, -0.25) is 9.42 Å². The van der Waals surface area contributed by atoms with Crippen LogP contribution >= 0.6 is 7.82 Å². The molecule has 0 aromatic heterocycles. The lowest BCUT2D eigenvalue weighted by molar-refractivity contribution is -0.102. The molecule has 2 amide bonds. The zero-order valence-electron chi connectivity index (χ0n) is 16.4. The van der Waals surface area contributed by atoms with E-state index in [2.05, 4.69) is 16.4 Å². The normalized spacial score (nSPS) is 39.1. The number of nitrogens with one attached hydrogen (secondary N) is 1. The predicted molar refractivity (Wildman–Crippen MR) is 103 cm³/mol. The zero-order chi connectivity index (χ0) is 21.2. The van der Waals surface area contributed by atoms with E-state index in [1.807, 2.05) is 0 Å². The molecule has 0 aromatic rings. The predicted octanol–water partition coefficient (Wildman–Crippen LogP) is 0.995. The van der Waals surface area contributed by atoms with Crippen LogP contribution in [0.15, 0.2) is 12.7 Å². The van der Waals surface area contributed by atoms with Crippen LogP contribution in [0, 0.1) is 0 Å². The Morgan fingerprint density at radius 3 is 2.62 bits per heavy atom. The Labute approximate surface area is 170 Å². The quantitative estimate of drug-likeness (QED) is 0.318. The van der Waals surface area contributed by atoms with Gasteiger partial charge < -0.3 is 30.1 Å². The molecular formula is C18H31N2O8P. The summed E-state index contributed by atoms with van der Waals surface area (Å²) < 4.78 is 21.0. The molecule has 0 radical (unpaired) electrons. The molecule has 3 aliphatic rings. The van der Waals surface area contributed by atoms with Crippen molar-refractivity contribution in [2.75, 3.05) is 6.61 Å². The minimum atomic E-state index is -4.75. The minimum absolute atomic E-state index is 0.215.